The van der Waals surface area contributed by atoms with Crippen LogP contribution in [0.15, 0.2) is 10.3 Å². The Bertz CT molecular complexity index is 645. The van der Waals surface area contributed by atoms with Gasteiger partial charge in [-0.05, 0) is 51.9 Å². The number of hydrogen-bond acceptors (Lipinski definition) is 5. The summed E-state index contributed by atoms with van der Waals surface area (Å²) in [6, 6.07) is 1.42. The summed E-state index contributed by atoms with van der Waals surface area (Å²) in [5.74, 6) is -1.09. The lowest BCUT2D eigenvalue weighted by Crippen LogP contribution is -2.57. The third-order valence-electron chi connectivity index (χ3n) is 4.18. The molecular formula is C13H20N2O4S2. The van der Waals surface area contributed by atoms with Crippen LogP contribution < -0.4 is 4.72 Å². The Morgan fingerprint density at radius 2 is 2.10 bits per heavy atom. The summed E-state index contributed by atoms with van der Waals surface area (Å²) in [4.78, 5) is 13.1. The Kier molecular flexibility index (Phi) is 4.44. The molecule has 1 heterocycles. The number of sulfonamides is 1. The van der Waals surface area contributed by atoms with Crippen LogP contribution >= 0.6 is 11.3 Å². The second kappa shape index (κ2) is 5.68. The molecule has 21 heavy (non-hydrogen) atoms. The van der Waals surface area contributed by atoms with Crippen molar-refractivity contribution in [2.75, 3.05) is 20.6 Å². The predicted octanol–water partition coefficient (Wildman–Crippen LogP) is 1.52. The number of carboxylic acids is 1. The van der Waals surface area contributed by atoms with E-state index in [0.717, 1.165) is 30.6 Å². The summed E-state index contributed by atoms with van der Waals surface area (Å²) < 4.78 is 27.3. The Hall–Kier alpha value is -0.960. The number of carbonyl (C=O) groups is 1. The van der Waals surface area contributed by atoms with Gasteiger partial charge in [-0.2, -0.15) is 0 Å². The summed E-state index contributed by atoms with van der Waals surface area (Å²) in [5.41, 5.74) is 0.355. The Morgan fingerprint density at radius 3 is 2.48 bits per heavy atom. The zero-order valence-corrected chi connectivity index (χ0v) is 14.0. The number of carboxylic acid groups (broad SMARTS) is 1. The molecule has 118 valence electrons. The number of aryl methyl sites for hydroxylation is 1. The van der Waals surface area contributed by atoms with Crippen molar-refractivity contribution in [2.45, 2.75) is 35.9 Å². The lowest BCUT2D eigenvalue weighted by Gasteiger charge is -2.47. The minimum Gasteiger partial charge on any atom is -0.477 e. The fourth-order valence-electron chi connectivity index (χ4n) is 2.47. The number of aromatic carboxylic acids is 1. The van der Waals surface area contributed by atoms with Crippen molar-refractivity contribution in [2.24, 2.45) is 0 Å². The number of nitrogens with one attached hydrogen (secondary N) is 1. The predicted molar refractivity (Wildman–Crippen MR) is 81.5 cm³/mol. The Balaban J connectivity index is 2.15. The van der Waals surface area contributed by atoms with Crippen molar-refractivity contribution in [3.8, 4) is 0 Å². The molecule has 2 N–H and O–H groups in total. The first-order valence-corrected chi connectivity index (χ1v) is 8.99. The Labute approximate surface area is 128 Å². The second-order valence-electron chi connectivity index (χ2n) is 5.68. The molecule has 0 radical (unpaired) electrons. The van der Waals surface area contributed by atoms with E-state index in [2.05, 4.69) is 9.62 Å². The molecule has 1 aromatic rings. The minimum atomic E-state index is -3.66. The van der Waals surface area contributed by atoms with Gasteiger partial charge in [0.2, 0.25) is 10.0 Å². The van der Waals surface area contributed by atoms with Gasteiger partial charge in [-0.3, -0.25) is 0 Å². The number of thiophene rings is 1. The molecule has 0 amide bonds. The standard InChI is InChI=1S/C13H20N2O4S2/c1-9-7-10(20-11(9)12(16)17)21(18,19)14-8-13(15(2)3)5-4-6-13/h7,14H,4-6,8H2,1-3H3,(H,16,17). The normalized spacial score (nSPS) is 17.7. The molecule has 6 nitrogen and oxygen atoms in total. The monoisotopic (exact) mass is 332 g/mol. The molecule has 0 spiro atoms. The number of nitrogens with zero attached hydrogens (tertiary/aromatic N) is 1. The van der Waals surface area contributed by atoms with Crippen LogP contribution in [-0.2, 0) is 10.0 Å². The van der Waals surface area contributed by atoms with E-state index >= 15 is 0 Å². The average Bonchev–Trinajstić information content (AvgIpc) is 2.70. The van der Waals surface area contributed by atoms with Crippen LogP contribution in [0.1, 0.15) is 34.5 Å². The van der Waals surface area contributed by atoms with Gasteiger partial charge in [0.05, 0.1) is 0 Å². The minimum absolute atomic E-state index is 0.0608. The zero-order chi connectivity index (χ0) is 15.8. The lowest BCUT2D eigenvalue weighted by molar-refractivity contribution is 0.0657. The van der Waals surface area contributed by atoms with Crippen LogP contribution in [-0.4, -0.2) is 50.6 Å². The second-order valence-corrected chi connectivity index (χ2v) is 8.73. The SMILES string of the molecule is Cc1cc(S(=O)(=O)NCC2(N(C)C)CCC2)sc1C(=O)O. The summed E-state index contributed by atoms with van der Waals surface area (Å²) in [6.07, 6.45) is 3.03. The van der Waals surface area contributed by atoms with Crippen LogP contribution in [0, 0.1) is 6.92 Å². The molecule has 0 bridgehead atoms. The van der Waals surface area contributed by atoms with E-state index in [-0.39, 0.29) is 14.6 Å². The quantitative estimate of drug-likeness (QED) is 0.825. The molecular weight excluding hydrogens is 312 g/mol. The van der Waals surface area contributed by atoms with Crippen molar-refractivity contribution >= 4 is 27.3 Å². The topological polar surface area (TPSA) is 86.7 Å². The molecule has 0 aliphatic heterocycles. The molecule has 0 saturated heterocycles. The van der Waals surface area contributed by atoms with Gasteiger partial charge >= 0.3 is 5.97 Å². The average molecular weight is 332 g/mol. The van der Waals surface area contributed by atoms with E-state index in [4.69, 9.17) is 5.11 Å². The highest BCUT2D eigenvalue weighted by atomic mass is 32.2. The van der Waals surface area contributed by atoms with Crippen LogP contribution in [0.4, 0.5) is 0 Å². The molecule has 1 saturated carbocycles. The highest BCUT2D eigenvalue weighted by Crippen LogP contribution is 2.36. The van der Waals surface area contributed by atoms with Gasteiger partial charge in [0.1, 0.15) is 9.09 Å². The first kappa shape index (κ1) is 16.4. The van der Waals surface area contributed by atoms with Crippen LogP contribution in [0.5, 0.6) is 0 Å². The maximum absolute atomic E-state index is 12.3. The highest BCUT2D eigenvalue weighted by molar-refractivity contribution is 7.91. The van der Waals surface area contributed by atoms with Crippen LogP contribution in [0.3, 0.4) is 0 Å². The number of likely N-dealkylation sites (N-methyl/N-ethyl adjacent to an activating group) is 1. The third-order valence-corrected chi connectivity index (χ3v) is 7.28. The van der Waals surface area contributed by atoms with Crippen molar-refractivity contribution < 1.29 is 18.3 Å². The van der Waals surface area contributed by atoms with Crippen molar-refractivity contribution in [1.29, 1.82) is 0 Å². The fourth-order valence-corrected chi connectivity index (χ4v) is 5.01. The highest BCUT2D eigenvalue weighted by Gasteiger charge is 2.40. The van der Waals surface area contributed by atoms with Crippen LogP contribution in [0.2, 0.25) is 0 Å². The largest absolute Gasteiger partial charge is 0.477 e. The van der Waals surface area contributed by atoms with E-state index in [0.29, 0.717) is 12.1 Å². The Morgan fingerprint density at radius 1 is 1.48 bits per heavy atom. The van der Waals surface area contributed by atoms with Gasteiger partial charge in [-0.15, -0.1) is 11.3 Å². The first-order chi connectivity index (χ1) is 9.68. The summed E-state index contributed by atoms with van der Waals surface area (Å²) in [5, 5.41) is 9.01. The van der Waals surface area contributed by atoms with Crippen LogP contribution in [0.25, 0.3) is 0 Å². The van der Waals surface area contributed by atoms with E-state index in [1.54, 1.807) is 6.92 Å². The summed E-state index contributed by atoms with van der Waals surface area (Å²) in [6.45, 7) is 1.95. The molecule has 1 aliphatic rings. The van der Waals surface area contributed by atoms with Gasteiger partial charge in [0.25, 0.3) is 0 Å². The smallest absolute Gasteiger partial charge is 0.346 e. The van der Waals surface area contributed by atoms with Crippen molar-refractivity contribution in [1.82, 2.24) is 9.62 Å². The third kappa shape index (κ3) is 3.13. The van der Waals surface area contributed by atoms with Gasteiger partial charge < -0.3 is 10.0 Å². The summed E-state index contributed by atoms with van der Waals surface area (Å²) in [7, 11) is 0.240. The maximum Gasteiger partial charge on any atom is 0.346 e. The van der Waals surface area contributed by atoms with E-state index in [1.807, 2.05) is 14.1 Å². The van der Waals surface area contributed by atoms with Gasteiger partial charge in [-0.1, -0.05) is 0 Å². The fraction of sp³-hybridized carbons (Fsp3) is 0.615. The molecule has 0 atom stereocenters. The van der Waals surface area contributed by atoms with E-state index in [1.165, 1.54) is 6.07 Å². The molecule has 1 aromatic heterocycles. The molecule has 1 fully saturated rings. The molecule has 2 rings (SSSR count). The molecule has 0 aromatic carbocycles. The van der Waals surface area contributed by atoms with Crippen molar-refractivity contribution in [3.63, 3.8) is 0 Å². The number of hydrogen-bond donors (Lipinski definition) is 2. The maximum atomic E-state index is 12.3. The zero-order valence-electron chi connectivity index (χ0n) is 12.3. The lowest BCUT2D eigenvalue weighted by atomic mass is 9.76. The van der Waals surface area contributed by atoms with Crippen molar-refractivity contribution in [3.05, 3.63) is 16.5 Å². The van der Waals surface area contributed by atoms with E-state index < -0.39 is 16.0 Å². The number of rotatable bonds is 6. The molecule has 8 heteroatoms. The molecule has 0 unspecified atom stereocenters. The van der Waals surface area contributed by atoms with Gasteiger partial charge in [-0.25, -0.2) is 17.9 Å². The van der Waals surface area contributed by atoms with E-state index in [9.17, 15) is 13.2 Å². The van der Waals surface area contributed by atoms with Gasteiger partial charge in [0, 0.05) is 12.1 Å². The first-order valence-electron chi connectivity index (χ1n) is 6.69. The molecule has 1 aliphatic carbocycles. The summed E-state index contributed by atoms with van der Waals surface area (Å²) >= 11 is 0.796. The van der Waals surface area contributed by atoms with Gasteiger partial charge in [0.15, 0.2) is 0 Å².